The van der Waals surface area contributed by atoms with Gasteiger partial charge in [-0.05, 0) is 42.9 Å². The number of nitrogens with one attached hydrogen (secondary N) is 2. The molecule has 4 atom stereocenters. The van der Waals surface area contributed by atoms with Crippen LogP contribution in [0.1, 0.15) is 89.0 Å². The molecule has 11 heteroatoms. The maximum atomic E-state index is 13.9. The van der Waals surface area contributed by atoms with E-state index in [0.29, 0.717) is 6.54 Å². The molecule has 2 fully saturated rings. The topological polar surface area (TPSA) is 142 Å². The largest absolute Gasteiger partial charge is 0.479 e. The van der Waals surface area contributed by atoms with Crippen LogP contribution in [-0.4, -0.2) is 68.1 Å². The molecule has 2 aliphatic carbocycles. The van der Waals surface area contributed by atoms with Gasteiger partial charge in [0, 0.05) is 18.9 Å². The van der Waals surface area contributed by atoms with Gasteiger partial charge in [0.05, 0.1) is 6.20 Å². The Morgan fingerprint density at radius 3 is 2.21 bits per heavy atom. The van der Waals surface area contributed by atoms with Crippen LogP contribution in [0.5, 0.6) is 0 Å². The van der Waals surface area contributed by atoms with Crippen LogP contribution in [0.3, 0.4) is 0 Å². The minimum absolute atomic E-state index is 0.0804. The van der Waals surface area contributed by atoms with Crippen LogP contribution in [0.4, 0.5) is 0 Å². The van der Waals surface area contributed by atoms with Gasteiger partial charge in [0.2, 0.25) is 11.8 Å². The Labute approximate surface area is 227 Å². The number of aliphatic carboxylic acids is 1. The molecule has 2 aliphatic rings. The van der Waals surface area contributed by atoms with Gasteiger partial charge in [0.1, 0.15) is 23.6 Å². The second-order valence-electron chi connectivity index (χ2n) is 11.7. The number of amides is 3. The first-order chi connectivity index (χ1) is 18.0. The van der Waals surface area contributed by atoms with Gasteiger partial charge < -0.3 is 20.6 Å². The summed E-state index contributed by atoms with van der Waals surface area (Å²) in [5, 5.41) is 15.5. The second-order valence-corrected chi connectivity index (χ2v) is 12.3. The maximum Gasteiger partial charge on any atom is 0.330 e. The van der Waals surface area contributed by atoms with E-state index in [2.05, 4.69) is 29.8 Å². The second kappa shape index (κ2) is 13.5. The average Bonchev–Trinajstić information content (AvgIpc) is 3.41. The summed E-state index contributed by atoms with van der Waals surface area (Å²) in [4.78, 5) is 62.0. The van der Waals surface area contributed by atoms with Crippen molar-refractivity contribution in [1.29, 1.82) is 0 Å². The van der Waals surface area contributed by atoms with E-state index < -0.39 is 47.0 Å². The number of hydrogen-bond acceptors (Lipinski definition) is 6. The summed E-state index contributed by atoms with van der Waals surface area (Å²) in [6.07, 6.45) is 12.8. The Morgan fingerprint density at radius 2 is 1.66 bits per heavy atom. The lowest BCUT2D eigenvalue weighted by Crippen LogP contribution is -2.61. The first-order valence-electron chi connectivity index (χ1n) is 13.6. The number of carbonyl (C=O) groups is 4. The Hall–Kier alpha value is -2.61. The first kappa shape index (κ1) is 29.9. The smallest absolute Gasteiger partial charge is 0.330 e. The molecule has 0 aromatic carbocycles. The summed E-state index contributed by atoms with van der Waals surface area (Å²) in [6.45, 7) is 5.86. The van der Waals surface area contributed by atoms with E-state index in [1.54, 1.807) is 0 Å². The van der Waals surface area contributed by atoms with Gasteiger partial charge in [-0.15, -0.1) is 9.24 Å². The summed E-state index contributed by atoms with van der Waals surface area (Å²) in [5.74, 6) is -3.43. The van der Waals surface area contributed by atoms with Crippen molar-refractivity contribution in [2.24, 2.45) is 17.3 Å². The predicted octanol–water partition coefficient (Wildman–Crippen LogP) is 2.99. The fourth-order valence-electron chi connectivity index (χ4n) is 5.49. The molecule has 0 radical (unpaired) electrons. The Kier molecular flexibility index (Phi) is 10.6. The molecule has 10 nitrogen and oxygen atoms in total. The zero-order valence-corrected chi connectivity index (χ0v) is 23.8. The van der Waals surface area contributed by atoms with Gasteiger partial charge in [-0.2, -0.15) is 0 Å². The van der Waals surface area contributed by atoms with Crippen LogP contribution in [0.15, 0.2) is 18.6 Å². The summed E-state index contributed by atoms with van der Waals surface area (Å²) in [6, 6.07) is -1.82. The molecule has 2 saturated carbocycles. The average molecular weight is 548 g/mol. The highest BCUT2D eigenvalue weighted by molar-refractivity contribution is 7.19. The quantitative estimate of drug-likeness (QED) is 0.382. The van der Waals surface area contributed by atoms with Crippen LogP contribution < -0.4 is 10.6 Å². The molecule has 3 rings (SSSR count). The fraction of sp³-hybridized carbons (Fsp3) is 0.704. The van der Waals surface area contributed by atoms with Crippen molar-refractivity contribution in [1.82, 2.24) is 25.5 Å². The number of carboxylic acid groups (broad SMARTS) is 1. The normalized spacial score (nSPS) is 19.3. The van der Waals surface area contributed by atoms with Gasteiger partial charge in [0.25, 0.3) is 5.91 Å². The van der Waals surface area contributed by atoms with Crippen molar-refractivity contribution >= 4 is 32.9 Å². The summed E-state index contributed by atoms with van der Waals surface area (Å²) >= 11 is 0. The predicted molar refractivity (Wildman–Crippen MR) is 146 cm³/mol. The van der Waals surface area contributed by atoms with Crippen molar-refractivity contribution in [3.05, 3.63) is 24.3 Å². The molecular formula is C27H42N5O5P. The molecule has 1 heterocycles. The lowest BCUT2D eigenvalue weighted by Gasteiger charge is -2.39. The van der Waals surface area contributed by atoms with Gasteiger partial charge in [0.15, 0.2) is 0 Å². The zero-order chi connectivity index (χ0) is 27.9. The van der Waals surface area contributed by atoms with E-state index in [1.165, 1.54) is 23.5 Å². The van der Waals surface area contributed by atoms with Crippen molar-refractivity contribution in [2.45, 2.75) is 96.4 Å². The highest BCUT2D eigenvalue weighted by Crippen LogP contribution is 2.31. The number of aromatic nitrogens is 2. The molecule has 210 valence electrons. The fourth-order valence-corrected chi connectivity index (χ4v) is 5.76. The van der Waals surface area contributed by atoms with Crippen molar-refractivity contribution in [3.63, 3.8) is 0 Å². The number of rotatable bonds is 10. The Balaban J connectivity index is 1.85. The zero-order valence-electron chi connectivity index (χ0n) is 22.7. The van der Waals surface area contributed by atoms with Gasteiger partial charge in [-0.3, -0.25) is 19.4 Å². The Bertz CT molecular complexity index is 974. The molecule has 1 aromatic rings. The number of carbonyl (C=O) groups excluding carboxylic acids is 3. The van der Waals surface area contributed by atoms with Crippen molar-refractivity contribution in [3.8, 4) is 0 Å². The third-order valence-electron chi connectivity index (χ3n) is 7.69. The van der Waals surface area contributed by atoms with Crippen LogP contribution in [0.25, 0.3) is 0 Å². The van der Waals surface area contributed by atoms with Crippen LogP contribution in [0.2, 0.25) is 0 Å². The molecule has 0 saturated heterocycles. The summed E-state index contributed by atoms with van der Waals surface area (Å²) < 4.78 is 0. The lowest BCUT2D eigenvalue weighted by atomic mass is 9.82. The molecule has 1 aromatic heterocycles. The number of hydrogen-bond donors (Lipinski definition) is 3. The minimum Gasteiger partial charge on any atom is -0.479 e. The van der Waals surface area contributed by atoms with E-state index in [0.717, 1.165) is 57.8 Å². The van der Waals surface area contributed by atoms with Crippen LogP contribution >= 0.6 is 9.24 Å². The molecule has 0 bridgehead atoms. The van der Waals surface area contributed by atoms with Crippen LogP contribution in [-0.2, 0) is 14.4 Å². The van der Waals surface area contributed by atoms with Gasteiger partial charge in [-0.1, -0.05) is 52.9 Å². The molecule has 2 unspecified atom stereocenters. The third kappa shape index (κ3) is 7.95. The maximum absolute atomic E-state index is 13.9. The van der Waals surface area contributed by atoms with Crippen molar-refractivity contribution < 1.29 is 24.3 Å². The number of carboxylic acids is 1. The summed E-state index contributed by atoms with van der Waals surface area (Å²) in [5.41, 5.74) is -0.588. The van der Waals surface area contributed by atoms with E-state index in [-0.39, 0.29) is 17.5 Å². The van der Waals surface area contributed by atoms with E-state index in [1.807, 2.05) is 20.8 Å². The SMILES string of the molecule is CC(C)(C)C(NC(=O)[C@@H](NC(=O)c1cnccn1)C1CCCCC1)C(=O)N(CC1CCCC1)[C@@H](P)C(=O)O. The Morgan fingerprint density at radius 1 is 1.03 bits per heavy atom. The van der Waals surface area contributed by atoms with Crippen LogP contribution in [0, 0.1) is 17.3 Å². The highest BCUT2D eigenvalue weighted by atomic mass is 31.0. The van der Waals surface area contributed by atoms with E-state index in [4.69, 9.17) is 0 Å². The van der Waals surface area contributed by atoms with E-state index >= 15 is 0 Å². The van der Waals surface area contributed by atoms with Gasteiger partial charge >= 0.3 is 5.97 Å². The molecule has 3 N–H and O–H groups in total. The molecule has 3 amide bonds. The highest BCUT2D eigenvalue weighted by Gasteiger charge is 2.42. The molecule has 0 aliphatic heterocycles. The molecule has 38 heavy (non-hydrogen) atoms. The first-order valence-corrected chi connectivity index (χ1v) is 14.3. The third-order valence-corrected chi connectivity index (χ3v) is 8.33. The molecule has 0 spiro atoms. The monoisotopic (exact) mass is 547 g/mol. The van der Waals surface area contributed by atoms with Gasteiger partial charge in [-0.25, -0.2) is 9.78 Å². The van der Waals surface area contributed by atoms with Crippen molar-refractivity contribution in [2.75, 3.05) is 6.54 Å². The molecular weight excluding hydrogens is 505 g/mol. The number of nitrogens with zero attached hydrogens (tertiary/aromatic N) is 3. The summed E-state index contributed by atoms with van der Waals surface area (Å²) in [7, 11) is 2.26. The minimum atomic E-state index is -1.11. The lowest BCUT2D eigenvalue weighted by molar-refractivity contribution is -0.149. The standard InChI is InChI=1S/C27H42N5O5P/c1-27(2,3)21(24(35)32(25(38)26(36)37)16-17-9-7-8-10-17)31-23(34)20(18-11-5-4-6-12-18)30-22(33)19-15-28-13-14-29-19/h13-15,17-18,20-21,25H,4-12,16,38H2,1-3H3,(H,30,33)(H,31,34)(H,36,37)/t20-,21?,25-/m0/s1. The van der Waals surface area contributed by atoms with E-state index in [9.17, 15) is 24.3 Å².